The van der Waals surface area contributed by atoms with Gasteiger partial charge in [0.15, 0.2) is 11.5 Å². The minimum atomic E-state index is -0.445. The molecule has 9 heteroatoms. The molecule has 26 heavy (non-hydrogen) atoms. The van der Waals surface area contributed by atoms with Crippen molar-refractivity contribution in [3.05, 3.63) is 52.1 Å². The Morgan fingerprint density at radius 1 is 1.35 bits per heavy atom. The van der Waals surface area contributed by atoms with E-state index in [0.29, 0.717) is 28.2 Å². The molecule has 0 unspecified atom stereocenters. The minimum Gasteiger partial charge on any atom is -0.340 e. The number of imidazole rings is 1. The summed E-state index contributed by atoms with van der Waals surface area (Å²) in [7, 11) is 3.96. The van der Waals surface area contributed by atoms with Crippen LogP contribution in [0.25, 0.3) is 11.2 Å². The Morgan fingerprint density at radius 3 is 2.81 bits per heavy atom. The van der Waals surface area contributed by atoms with Gasteiger partial charge in [0.1, 0.15) is 11.6 Å². The second-order valence-electron chi connectivity index (χ2n) is 6.05. The van der Waals surface area contributed by atoms with Gasteiger partial charge >= 0.3 is 0 Å². The zero-order chi connectivity index (χ0) is 18.8. The third-order valence-corrected chi connectivity index (χ3v) is 4.46. The molecular weight excluding hydrogens is 403 g/mol. The lowest BCUT2D eigenvalue weighted by Gasteiger charge is -2.18. The van der Waals surface area contributed by atoms with Crippen LogP contribution in [-0.2, 0) is 6.42 Å². The Hall–Kier alpha value is -2.36. The highest BCUT2D eigenvalue weighted by molar-refractivity contribution is 9.10. The van der Waals surface area contributed by atoms with Crippen molar-refractivity contribution in [3.63, 3.8) is 0 Å². The number of hydrogen-bond acceptors (Lipinski definition) is 5. The monoisotopic (exact) mass is 420 g/mol. The molecule has 0 spiro atoms. The molecule has 3 aromatic rings. The zero-order valence-electron chi connectivity index (χ0n) is 14.3. The van der Waals surface area contributed by atoms with Gasteiger partial charge in [-0.1, -0.05) is 0 Å². The van der Waals surface area contributed by atoms with E-state index in [1.807, 2.05) is 19.0 Å². The second kappa shape index (κ2) is 7.48. The lowest BCUT2D eigenvalue weighted by atomic mass is 10.2. The Bertz CT molecular complexity index is 958. The number of pyridine rings is 1. The van der Waals surface area contributed by atoms with Crippen LogP contribution in [0.3, 0.4) is 0 Å². The highest BCUT2D eigenvalue weighted by Crippen LogP contribution is 2.24. The summed E-state index contributed by atoms with van der Waals surface area (Å²) in [6.07, 6.45) is 2.25. The van der Waals surface area contributed by atoms with Gasteiger partial charge in [-0.15, -0.1) is 0 Å². The number of rotatable bonds is 5. The van der Waals surface area contributed by atoms with Crippen molar-refractivity contribution in [1.82, 2.24) is 19.9 Å². The summed E-state index contributed by atoms with van der Waals surface area (Å²) in [5, 5.41) is 19.4. The molecule has 0 amide bonds. The number of likely N-dealkylation sites (N-methyl/N-ethyl adjacent to an activating group) is 1. The number of halogens is 2. The molecule has 0 saturated carbocycles. The topological polar surface area (TPSA) is 92.1 Å². The first kappa shape index (κ1) is 18.4. The third kappa shape index (κ3) is 3.74. The molecule has 0 fully saturated rings. The summed E-state index contributed by atoms with van der Waals surface area (Å²) in [5.41, 5.74) is 1.77. The van der Waals surface area contributed by atoms with Crippen LogP contribution in [0.2, 0.25) is 0 Å². The Morgan fingerprint density at radius 2 is 2.12 bits per heavy atom. The van der Waals surface area contributed by atoms with Crippen molar-refractivity contribution in [2.24, 2.45) is 0 Å². The molecule has 2 aromatic heterocycles. The van der Waals surface area contributed by atoms with Crippen LogP contribution in [-0.4, -0.2) is 51.5 Å². The number of aromatic nitrogens is 3. The van der Waals surface area contributed by atoms with Gasteiger partial charge in [-0.3, -0.25) is 10.6 Å². The number of anilines is 1. The number of nitrogens with one attached hydrogen (secondary N) is 2. The van der Waals surface area contributed by atoms with Gasteiger partial charge in [0, 0.05) is 24.7 Å². The number of hydrogen-bond donors (Lipinski definition) is 3. The van der Waals surface area contributed by atoms with E-state index >= 15 is 0 Å². The largest absolute Gasteiger partial charge is 0.340 e. The molecular formula is C17H18BrFN6O. The highest BCUT2D eigenvalue weighted by atomic mass is 79.9. The first-order chi connectivity index (χ1) is 12.4. The van der Waals surface area contributed by atoms with Crippen molar-refractivity contribution in [3.8, 4) is 0 Å². The maximum atomic E-state index is 13.4. The van der Waals surface area contributed by atoms with Gasteiger partial charge in [0.2, 0.25) is 0 Å². The Labute approximate surface area is 158 Å². The van der Waals surface area contributed by atoms with Crippen LogP contribution in [0.4, 0.5) is 10.1 Å². The van der Waals surface area contributed by atoms with E-state index in [2.05, 4.69) is 30.9 Å². The highest BCUT2D eigenvalue weighted by Gasteiger charge is 2.18. The van der Waals surface area contributed by atoms with Crippen LogP contribution in [0, 0.1) is 11.2 Å². The fourth-order valence-corrected chi connectivity index (χ4v) is 2.83. The van der Waals surface area contributed by atoms with E-state index in [1.54, 1.807) is 6.07 Å². The summed E-state index contributed by atoms with van der Waals surface area (Å²) in [4.78, 5) is 13.9. The van der Waals surface area contributed by atoms with Gasteiger partial charge < -0.3 is 9.88 Å². The third-order valence-electron chi connectivity index (χ3n) is 3.85. The summed E-state index contributed by atoms with van der Waals surface area (Å²) in [5.74, 6) is 0.147. The van der Waals surface area contributed by atoms with Gasteiger partial charge in [-0.25, -0.2) is 19.4 Å². The molecule has 0 radical (unpaired) electrons. The van der Waals surface area contributed by atoms with Crippen LogP contribution in [0.15, 0.2) is 34.9 Å². The minimum absolute atomic E-state index is 0.168. The molecule has 0 bridgehead atoms. The van der Waals surface area contributed by atoms with E-state index in [0.717, 1.165) is 12.4 Å². The predicted octanol–water partition coefficient (Wildman–Crippen LogP) is 3.18. The number of benzene rings is 1. The summed E-state index contributed by atoms with van der Waals surface area (Å²) < 4.78 is 13.6. The first-order valence-corrected chi connectivity index (χ1v) is 8.67. The maximum absolute atomic E-state index is 13.4. The lowest BCUT2D eigenvalue weighted by Crippen LogP contribution is -2.27. The van der Waals surface area contributed by atoms with Crippen LogP contribution in [0.5, 0.6) is 0 Å². The van der Waals surface area contributed by atoms with E-state index < -0.39 is 5.82 Å². The number of amidine groups is 1. The van der Waals surface area contributed by atoms with Gasteiger partial charge in [0.25, 0.3) is 0 Å². The average molecular weight is 421 g/mol. The summed E-state index contributed by atoms with van der Waals surface area (Å²) >= 11 is 3.08. The fraction of sp³-hybridized carbons (Fsp3) is 0.235. The molecule has 2 heterocycles. The SMILES string of the molecule is CN(C)CCc1nc2nccc(C(=N)N(O)c3ccc(F)c(Br)c3)c2[nH]1. The molecule has 0 atom stereocenters. The predicted molar refractivity (Wildman–Crippen MR) is 101 cm³/mol. The van der Waals surface area contributed by atoms with Gasteiger partial charge in [-0.05, 0) is 54.3 Å². The van der Waals surface area contributed by atoms with Crippen molar-refractivity contribution >= 4 is 38.6 Å². The number of H-pyrrole nitrogens is 1. The first-order valence-electron chi connectivity index (χ1n) is 7.88. The smallest absolute Gasteiger partial charge is 0.178 e. The standard InChI is InChI=1S/C17H18BrFN6O/c1-24(2)8-6-14-22-15-11(5-7-21-17(15)23-14)16(20)25(26)10-3-4-13(19)12(18)9-10/h3-5,7,9,20,26H,6,8H2,1-2H3,(H,21,22,23). The van der Waals surface area contributed by atoms with Crippen LogP contribution < -0.4 is 5.06 Å². The summed E-state index contributed by atoms with van der Waals surface area (Å²) in [6.45, 7) is 0.822. The van der Waals surface area contributed by atoms with E-state index in [9.17, 15) is 9.60 Å². The molecule has 136 valence electrons. The van der Waals surface area contributed by atoms with Crippen molar-refractivity contribution in [2.75, 3.05) is 25.7 Å². The molecule has 3 rings (SSSR count). The number of aromatic amines is 1. The lowest BCUT2D eigenvalue weighted by molar-refractivity contribution is 0.312. The molecule has 1 aromatic carbocycles. The average Bonchev–Trinajstić information content (AvgIpc) is 3.04. The maximum Gasteiger partial charge on any atom is 0.178 e. The fourth-order valence-electron chi connectivity index (χ4n) is 2.46. The van der Waals surface area contributed by atoms with Gasteiger partial charge in [0.05, 0.1) is 15.7 Å². The van der Waals surface area contributed by atoms with Crippen LogP contribution >= 0.6 is 15.9 Å². The molecule has 7 nitrogen and oxygen atoms in total. The number of nitrogens with zero attached hydrogens (tertiary/aromatic N) is 4. The number of fused-ring (bicyclic) bond motifs is 1. The normalized spacial score (nSPS) is 11.3. The Balaban J connectivity index is 1.93. The van der Waals surface area contributed by atoms with E-state index in [-0.39, 0.29) is 16.0 Å². The van der Waals surface area contributed by atoms with Crippen molar-refractivity contribution in [2.45, 2.75) is 6.42 Å². The van der Waals surface area contributed by atoms with Crippen molar-refractivity contribution < 1.29 is 9.60 Å². The molecule has 0 aliphatic carbocycles. The molecule has 0 aliphatic heterocycles. The van der Waals surface area contributed by atoms with Crippen LogP contribution in [0.1, 0.15) is 11.4 Å². The molecule has 0 saturated heterocycles. The number of hydroxylamine groups is 1. The van der Waals surface area contributed by atoms with E-state index in [1.165, 1.54) is 24.4 Å². The van der Waals surface area contributed by atoms with Crippen molar-refractivity contribution in [1.29, 1.82) is 5.41 Å². The summed E-state index contributed by atoms with van der Waals surface area (Å²) in [6, 6.07) is 5.63. The Kier molecular flexibility index (Phi) is 5.30. The van der Waals surface area contributed by atoms with Gasteiger partial charge in [-0.2, -0.15) is 0 Å². The van der Waals surface area contributed by atoms with E-state index in [4.69, 9.17) is 5.41 Å². The second-order valence-corrected chi connectivity index (χ2v) is 6.91. The zero-order valence-corrected chi connectivity index (χ0v) is 15.9. The molecule has 3 N–H and O–H groups in total. The molecule has 0 aliphatic rings. The quantitative estimate of drug-likeness (QED) is 0.334.